The van der Waals surface area contributed by atoms with Crippen LogP contribution in [-0.4, -0.2) is 27.9 Å². The molecule has 0 fully saturated rings. The number of benzene rings is 1. The highest BCUT2D eigenvalue weighted by molar-refractivity contribution is 9.10. The van der Waals surface area contributed by atoms with E-state index in [1.54, 1.807) is 51.1 Å². The Labute approximate surface area is 154 Å². The summed E-state index contributed by atoms with van der Waals surface area (Å²) in [5, 5.41) is 0. The van der Waals surface area contributed by atoms with Gasteiger partial charge in [0.1, 0.15) is 22.3 Å². The van der Waals surface area contributed by atoms with Gasteiger partial charge in [-0.1, -0.05) is 22.1 Å². The summed E-state index contributed by atoms with van der Waals surface area (Å²) >= 11 is 1.82. The summed E-state index contributed by atoms with van der Waals surface area (Å²) in [4.78, 5) is 0.183. The number of nitrogens with zero attached hydrogens (tertiary/aromatic N) is 2. The third-order valence-corrected chi connectivity index (χ3v) is 6.64. The molecule has 0 aliphatic carbocycles. The van der Waals surface area contributed by atoms with Crippen LogP contribution >= 0.6 is 15.9 Å². The summed E-state index contributed by atoms with van der Waals surface area (Å²) < 4.78 is 42.9. The van der Waals surface area contributed by atoms with Gasteiger partial charge in [-0.25, -0.2) is 12.4 Å². The van der Waals surface area contributed by atoms with Crippen LogP contribution in [0.3, 0.4) is 0 Å². The van der Waals surface area contributed by atoms with Crippen molar-refractivity contribution in [3.8, 4) is 0 Å². The molecule has 1 unspecified atom stereocenters. The fraction of sp³-hybridized carbons (Fsp3) is 0.312. The average molecular weight is 431 g/mol. The zero-order valence-electron chi connectivity index (χ0n) is 13.9. The Morgan fingerprint density at radius 1 is 1.25 bits per heavy atom. The highest BCUT2D eigenvalue weighted by Crippen LogP contribution is 2.22. The van der Waals surface area contributed by atoms with Gasteiger partial charge in [0.2, 0.25) is 0 Å². The monoisotopic (exact) mass is 430 g/mol. The van der Waals surface area contributed by atoms with E-state index in [9.17, 15) is 13.0 Å². The van der Waals surface area contributed by atoms with Crippen molar-refractivity contribution < 1.29 is 13.0 Å². The van der Waals surface area contributed by atoms with Crippen LogP contribution in [0, 0.1) is 6.92 Å². The summed E-state index contributed by atoms with van der Waals surface area (Å²) in [5.74, 6) is 0. The predicted octanol–water partition coefficient (Wildman–Crippen LogP) is 3.68. The van der Waals surface area contributed by atoms with E-state index in [0.717, 1.165) is 9.54 Å². The summed E-state index contributed by atoms with van der Waals surface area (Å²) in [7, 11) is -3.75. The normalized spacial score (nSPS) is 14.2. The van der Waals surface area contributed by atoms with Crippen LogP contribution in [0.25, 0.3) is 0 Å². The van der Waals surface area contributed by atoms with E-state index in [2.05, 4.69) is 20.3 Å². The van der Waals surface area contributed by atoms with Gasteiger partial charge in [-0.15, -0.1) is 0 Å². The molecule has 24 heavy (non-hydrogen) atoms. The third-order valence-electron chi connectivity index (χ3n) is 3.16. The molecule has 0 spiro atoms. The molecule has 0 radical (unpaired) electrons. The second kappa shape index (κ2) is 7.03. The van der Waals surface area contributed by atoms with Crippen molar-refractivity contribution in [1.82, 2.24) is 3.97 Å². The highest BCUT2D eigenvalue weighted by Gasteiger charge is 2.26. The Morgan fingerprint density at radius 3 is 2.38 bits per heavy atom. The van der Waals surface area contributed by atoms with Crippen molar-refractivity contribution >= 4 is 43.5 Å². The Bertz CT molecular complexity index is 850. The molecule has 8 heteroatoms. The SMILES string of the molecule is Cc1ccc(S(=O)(=O)n2cc(Br)cc2C=N[S+]([O-])C(C)(C)C)cc1. The molecule has 0 saturated carbocycles. The number of rotatable bonds is 4. The molecule has 1 aromatic heterocycles. The van der Waals surface area contributed by atoms with E-state index in [1.165, 1.54) is 12.4 Å². The fourth-order valence-corrected chi connectivity index (χ4v) is 4.25. The Hall–Kier alpha value is -1.09. The molecule has 0 N–H and O–H groups in total. The number of aryl methyl sites for hydroxylation is 1. The van der Waals surface area contributed by atoms with Crippen molar-refractivity contribution in [3.05, 3.63) is 52.3 Å². The quantitative estimate of drug-likeness (QED) is 0.548. The van der Waals surface area contributed by atoms with Crippen LogP contribution in [0.2, 0.25) is 0 Å². The lowest BCUT2D eigenvalue weighted by atomic mass is 10.2. The van der Waals surface area contributed by atoms with E-state index >= 15 is 0 Å². The zero-order valence-corrected chi connectivity index (χ0v) is 17.1. The maximum atomic E-state index is 12.8. The van der Waals surface area contributed by atoms with Crippen LogP contribution in [0.5, 0.6) is 0 Å². The summed E-state index contributed by atoms with van der Waals surface area (Å²) in [5.41, 5.74) is 1.31. The maximum Gasteiger partial charge on any atom is 0.268 e. The molecular formula is C16H19BrN2O3S2. The number of hydrogen-bond donors (Lipinski definition) is 0. The average Bonchev–Trinajstić information content (AvgIpc) is 2.86. The van der Waals surface area contributed by atoms with Crippen LogP contribution < -0.4 is 0 Å². The third kappa shape index (κ3) is 4.30. The first-order valence-corrected chi connectivity index (χ1v) is 10.5. The molecule has 0 amide bonds. The molecule has 2 aromatic rings. The van der Waals surface area contributed by atoms with Crippen molar-refractivity contribution in [2.75, 3.05) is 0 Å². The molecule has 0 saturated heterocycles. The van der Waals surface area contributed by atoms with Crippen LogP contribution in [0.4, 0.5) is 0 Å². The van der Waals surface area contributed by atoms with Crippen LogP contribution in [0.15, 0.2) is 50.3 Å². The van der Waals surface area contributed by atoms with E-state index < -0.39 is 26.1 Å². The molecule has 1 aromatic carbocycles. The van der Waals surface area contributed by atoms with Gasteiger partial charge in [-0.2, -0.15) is 0 Å². The lowest BCUT2D eigenvalue weighted by Gasteiger charge is -2.17. The first-order valence-electron chi connectivity index (χ1n) is 7.18. The summed E-state index contributed by atoms with van der Waals surface area (Å²) in [6.07, 6.45) is 2.79. The minimum Gasteiger partial charge on any atom is -0.591 e. The lowest BCUT2D eigenvalue weighted by molar-refractivity contribution is 0.561. The van der Waals surface area contributed by atoms with Gasteiger partial charge < -0.3 is 4.55 Å². The molecule has 1 atom stereocenters. The molecule has 130 valence electrons. The largest absolute Gasteiger partial charge is 0.591 e. The van der Waals surface area contributed by atoms with Crippen molar-refractivity contribution in [2.45, 2.75) is 37.3 Å². The van der Waals surface area contributed by atoms with Gasteiger partial charge in [-0.05, 0) is 61.8 Å². The highest BCUT2D eigenvalue weighted by atomic mass is 79.9. The molecular weight excluding hydrogens is 412 g/mol. The van der Waals surface area contributed by atoms with E-state index in [-0.39, 0.29) is 4.90 Å². The smallest absolute Gasteiger partial charge is 0.268 e. The van der Waals surface area contributed by atoms with Crippen LogP contribution in [-0.2, 0) is 21.4 Å². The van der Waals surface area contributed by atoms with Gasteiger partial charge >= 0.3 is 0 Å². The minimum atomic E-state index is -3.75. The maximum absolute atomic E-state index is 12.8. The standard InChI is InChI=1S/C16H19BrN2O3S2/c1-12-5-7-15(8-6-12)24(21,22)19-11-13(17)9-14(19)10-18-23(20)16(2,3)4/h5-11H,1-4H3. The van der Waals surface area contributed by atoms with Gasteiger partial charge in [0, 0.05) is 10.7 Å². The topological polar surface area (TPSA) is 74.5 Å². The van der Waals surface area contributed by atoms with Crippen LogP contribution in [0.1, 0.15) is 32.0 Å². The fourth-order valence-electron chi connectivity index (χ4n) is 1.81. The van der Waals surface area contributed by atoms with Crippen molar-refractivity contribution in [3.63, 3.8) is 0 Å². The number of hydrogen-bond acceptors (Lipinski definition) is 4. The Kier molecular flexibility index (Phi) is 5.64. The van der Waals surface area contributed by atoms with Gasteiger partial charge in [0.15, 0.2) is 0 Å². The molecule has 1 heterocycles. The first kappa shape index (κ1) is 19.2. The molecule has 0 aliphatic rings. The number of halogens is 1. The zero-order chi connectivity index (χ0) is 18.1. The van der Waals surface area contributed by atoms with Crippen molar-refractivity contribution in [1.29, 1.82) is 0 Å². The first-order chi connectivity index (χ1) is 11.0. The predicted molar refractivity (Wildman–Crippen MR) is 101 cm³/mol. The van der Waals surface area contributed by atoms with Gasteiger partial charge in [0.05, 0.1) is 10.6 Å². The van der Waals surface area contributed by atoms with Crippen molar-refractivity contribution in [2.24, 2.45) is 4.40 Å². The summed E-state index contributed by atoms with van der Waals surface area (Å²) in [6, 6.07) is 8.23. The number of aromatic nitrogens is 1. The minimum absolute atomic E-state index is 0.183. The lowest BCUT2D eigenvalue weighted by Crippen LogP contribution is -2.26. The van der Waals surface area contributed by atoms with E-state index in [4.69, 9.17) is 0 Å². The molecule has 0 aliphatic heterocycles. The van der Waals surface area contributed by atoms with Gasteiger partial charge in [-0.3, -0.25) is 0 Å². The Balaban J connectivity index is 2.45. The molecule has 0 bridgehead atoms. The Morgan fingerprint density at radius 2 is 1.83 bits per heavy atom. The van der Waals surface area contributed by atoms with Gasteiger partial charge in [0.25, 0.3) is 10.0 Å². The van der Waals surface area contributed by atoms with E-state index in [1.807, 2.05) is 6.92 Å². The molecule has 2 rings (SSSR count). The molecule has 5 nitrogen and oxygen atoms in total. The summed E-state index contributed by atoms with van der Waals surface area (Å²) in [6.45, 7) is 7.30. The second-order valence-electron chi connectivity index (χ2n) is 6.29. The second-order valence-corrected chi connectivity index (χ2v) is 11.0. The van der Waals surface area contributed by atoms with E-state index in [0.29, 0.717) is 10.2 Å².